The summed E-state index contributed by atoms with van der Waals surface area (Å²) in [5, 5.41) is 3.32. The fraction of sp³-hybridized carbons (Fsp3) is 0.667. The van der Waals surface area contributed by atoms with Crippen LogP contribution in [-0.2, 0) is 5.41 Å². The number of nitrogens with zero attached hydrogens (tertiary/aromatic N) is 2. The van der Waals surface area contributed by atoms with E-state index in [9.17, 15) is 4.79 Å². The van der Waals surface area contributed by atoms with Gasteiger partial charge in [0.15, 0.2) is 0 Å². The summed E-state index contributed by atoms with van der Waals surface area (Å²) in [5.41, 5.74) is 3.99. The lowest BCUT2D eigenvalue weighted by molar-refractivity contribution is 0.194. The van der Waals surface area contributed by atoms with E-state index in [0.29, 0.717) is 6.04 Å². The Kier molecular flexibility index (Phi) is 4.48. The third-order valence-electron chi connectivity index (χ3n) is 6.60. The lowest BCUT2D eigenvalue weighted by atomic mass is 9.74. The van der Waals surface area contributed by atoms with Gasteiger partial charge in [-0.15, -0.1) is 0 Å². The van der Waals surface area contributed by atoms with Crippen LogP contribution in [0.25, 0.3) is 0 Å². The summed E-state index contributed by atoms with van der Waals surface area (Å²) >= 11 is 0. The maximum Gasteiger partial charge on any atom is 0.322 e. The van der Waals surface area contributed by atoms with E-state index in [4.69, 9.17) is 0 Å². The van der Waals surface area contributed by atoms with Gasteiger partial charge >= 0.3 is 6.03 Å². The number of carbonyl (C=O) groups is 1. The number of likely N-dealkylation sites (tertiary alicyclic amines) is 1. The molecule has 2 fully saturated rings. The molecule has 0 radical (unpaired) electrons. The molecule has 1 spiro atoms. The molecule has 1 saturated heterocycles. The molecule has 1 aliphatic carbocycles. The number of hydrogen-bond donors (Lipinski definition) is 1. The Labute approximate surface area is 151 Å². The van der Waals surface area contributed by atoms with Crippen LogP contribution >= 0.6 is 0 Å². The first-order valence-corrected chi connectivity index (χ1v) is 9.95. The zero-order chi connectivity index (χ0) is 17.4. The Balaban J connectivity index is 1.58. The fourth-order valence-electron chi connectivity index (χ4n) is 4.94. The standard InChI is InChI=1S/C21H31N3O/c1-16-8-9-19-18(14-16)21(10-12-23(2)13-11-21)15-24(19)20(25)22-17-6-4-3-5-7-17/h8-9,14,17H,3-7,10-13,15H2,1-2H3,(H,22,25). The molecule has 2 aliphatic heterocycles. The Morgan fingerprint density at radius 3 is 2.60 bits per heavy atom. The molecule has 2 amide bonds. The summed E-state index contributed by atoms with van der Waals surface area (Å²) in [5.74, 6) is 0. The van der Waals surface area contributed by atoms with Crippen LogP contribution in [0.1, 0.15) is 56.1 Å². The fourth-order valence-corrected chi connectivity index (χ4v) is 4.94. The second-order valence-electron chi connectivity index (χ2n) is 8.47. The molecule has 4 nitrogen and oxygen atoms in total. The Morgan fingerprint density at radius 1 is 1.16 bits per heavy atom. The molecular weight excluding hydrogens is 310 g/mol. The molecule has 25 heavy (non-hydrogen) atoms. The predicted octanol–water partition coefficient (Wildman–Crippen LogP) is 3.82. The molecule has 0 bridgehead atoms. The first kappa shape index (κ1) is 16.9. The van der Waals surface area contributed by atoms with Crippen LogP contribution in [0.5, 0.6) is 0 Å². The minimum absolute atomic E-state index is 0.118. The van der Waals surface area contributed by atoms with Crippen LogP contribution < -0.4 is 10.2 Å². The number of rotatable bonds is 1. The highest BCUT2D eigenvalue weighted by Crippen LogP contribution is 2.47. The first-order chi connectivity index (χ1) is 12.1. The van der Waals surface area contributed by atoms with Crippen LogP contribution in [0.3, 0.4) is 0 Å². The number of aryl methyl sites for hydroxylation is 1. The molecule has 0 atom stereocenters. The average molecular weight is 341 g/mol. The molecule has 0 unspecified atom stereocenters. The molecule has 0 aromatic heterocycles. The normalized spacial score (nSPS) is 23.7. The van der Waals surface area contributed by atoms with Crippen molar-refractivity contribution in [2.75, 3.05) is 31.6 Å². The minimum atomic E-state index is 0.118. The summed E-state index contributed by atoms with van der Waals surface area (Å²) in [6, 6.07) is 7.12. The van der Waals surface area contributed by atoms with Crippen LogP contribution in [0.4, 0.5) is 10.5 Å². The van der Waals surface area contributed by atoms with Crippen molar-refractivity contribution >= 4 is 11.7 Å². The minimum Gasteiger partial charge on any atom is -0.335 e. The van der Waals surface area contributed by atoms with E-state index in [-0.39, 0.29) is 11.4 Å². The molecule has 1 aromatic carbocycles. The van der Waals surface area contributed by atoms with E-state index in [1.807, 2.05) is 4.90 Å². The van der Waals surface area contributed by atoms with E-state index in [0.717, 1.165) is 51.0 Å². The smallest absolute Gasteiger partial charge is 0.322 e. The van der Waals surface area contributed by atoms with Crippen LogP contribution in [0.15, 0.2) is 18.2 Å². The summed E-state index contributed by atoms with van der Waals surface area (Å²) < 4.78 is 0. The van der Waals surface area contributed by atoms with Gasteiger partial charge in [0, 0.05) is 23.7 Å². The third-order valence-corrected chi connectivity index (χ3v) is 6.60. The number of amides is 2. The summed E-state index contributed by atoms with van der Waals surface area (Å²) in [6.45, 7) is 5.24. The molecule has 1 aromatic rings. The van der Waals surface area contributed by atoms with Gasteiger partial charge in [-0.25, -0.2) is 4.79 Å². The van der Waals surface area contributed by atoms with E-state index >= 15 is 0 Å². The summed E-state index contributed by atoms with van der Waals surface area (Å²) in [4.78, 5) is 17.5. The monoisotopic (exact) mass is 341 g/mol. The number of benzene rings is 1. The Hall–Kier alpha value is -1.55. The van der Waals surface area contributed by atoms with Gasteiger partial charge in [-0.2, -0.15) is 0 Å². The Morgan fingerprint density at radius 2 is 1.88 bits per heavy atom. The van der Waals surface area contributed by atoms with Gasteiger partial charge in [0.25, 0.3) is 0 Å². The highest BCUT2D eigenvalue weighted by Gasteiger charge is 2.46. The number of urea groups is 1. The number of nitrogens with one attached hydrogen (secondary N) is 1. The van der Waals surface area contributed by atoms with Crippen LogP contribution in [-0.4, -0.2) is 43.7 Å². The molecule has 4 heteroatoms. The quantitative estimate of drug-likeness (QED) is 0.843. The zero-order valence-electron chi connectivity index (χ0n) is 15.7. The SMILES string of the molecule is Cc1ccc2c(c1)C1(CCN(C)CC1)CN2C(=O)NC1CCCCC1. The van der Waals surface area contributed by atoms with Crippen molar-refractivity contribution in [3.63, 3.8) is 0 Å². The number of carbonyl (C=O) groups excluding carboxylic acids is 1. The predicted molar refractivity (Wildman–Crippen MR) is 102 cm³/mol. The molecule has 4 rings (SSSR count). The maximum atomic E-state index is 13.1. The van der Waals surface area contributed by atoms with E-state index < -0.39 is 0 Å². The zero-order valence-corrected chi connectivity index (χ0v) is 15.7. The van der Waals surface area contributed by atoms with E-state index in [2.05, 4.69) is 42.4 Å². The van der Waals surface area contributed by atoms with Crippen molar-refractivity contribution < 1.29 is 4.79 Å². The maximum absolute atomic E-state index is 13.1. The third kappa shape index (κ3) is 3.17. The number of anilines is 1. The van der Waals surface area contributed by atoms with Gasteiger partial charge in [0.2, 0.25) is 0 Å². The topological polar surface area (TPSA) is 35.6 Å². The van der Waals surface area contributed by atoms with Crippen molar-refractivity contribution in [2.45, 2.75) is 63.3 Å². The van der Waals surface area contributed by atoms with Gasteiger partial charge in [-0.05, 0) is 64.4 Å². The van der Waals surface area contributed by atoms with Crippen LogP contribution in [0.2, 0.25) is 0 Å². The van der Waals surface area contributed by atoms with Crippen molar-refractivity contribution in [2.24, 2.45) is 0 Å². The largest absolute Gasteiger partial charge is 0.335 e. The molecule has 1 saturated carbocycles. The Bertz CT molecular complexity index is 643. The number of fused-ring (bicyclic) bond motifs is 2. The highest BCUT2D eigenvalue weighted by molar-refractivity contribution is 5.95. The van der Waals surface area contributed by atoms with Gasteiger partial charge in [0.05, 0.1) is 0 Å². The van der Waals surface area contributed by atoms with Crippen molar-refractivity contribution in [1.82, 2.24) is 10.2 Å². The summed E-state index contributed by atoms with van der Waals surface area (Å²) in [6.07, 6.45) is 8.37. The van der Waals surface area contributed by atoms with E-state index in [1.54, 1.807) is 0 Å². The molecule has 3 aliphatic rings. The molecular formula is C21H31N3O. The van der Waals surface area contributed by atoms with Gasteiger partial charge < -0.3 is 10.2 Å². The number of hydrogen-bond acceptors (Lipinski definition) is 2. The lowest BCUT2D eigenvalue weighted by Gasteiger charge is -2.38. The van der Waals surface area contributed by atoms with Gasteiger partial charge in [0.1, 0.15) is 0 Å². The molecule has 2 heterocycles. The number of piperidine rings is 1. The average Bonchev–Trinajstić information content (AvgIpc) is 2.93. The van der Waals surface area contributed by atoms with Crippen LogP contribution in [0, 0.1) is 6.92 Å². The molecule has 1 N–H and O–H groups in total. The van der Waals surface area contributed by atoms with Gasteiger partial charge in [-0.3, -0.25) is 4.90 Å². The van der Waals surface area contributed by atoms with Crippen molar-refractivity contribution in [1.29, 1.82) is 0 Å². The van der Waals surface area contributed by atoms with Gasteiger partial charge in [-0.1, -0.05) is 37.0 Å². The second kappa shape index (κ2) is 6.64. The summed E-state index contributed by atoms with van der Waals surface area (Å²) in [7, 11) is 2.20. The first-order valence-electron chi connectivity index (χ1n) is 9.95. The van der Waals surface area contributed by atoms with Crippen molar-refractivity contribution in [3.05, 3.63) is 29.3 Å². The second-order valence-corrected chi connectivity index (χ2v) is 8.47. The molecule has 136 valence electrons. The lowest BCUT2D eigenvalue weighted by Crippen LogP contribution is -2.49. The highest BCUT2D eigenvalue weighted by atomic mass is 16.2. The van der Waals surface area contributed by atoms with E-state index in [1.165, 1.54) is 30.4 Å². The van der Waals surface area contributed by atoms with Crippen molar-refractivity contribution in [3.8, 4) is 0 Å².